The molecule has 2 atom stereocenters. The maximum Gasteiger partial charge on any atom is 0.322 e. The minimum atomic E-state index is -3.72. The molecule has 2 heterocycles. The Hall–Kier alpha value is -2.35. The van der Waals surface area contributed by atoms with Crippen LogP contribution in [-0.4, -0.2) is 68.8 Å². The summed E-state index contributed by atoms with van der Waals surface area (Å²) in [7, 11) is -7.08. The molecule has 1 aliphatic heterocycles. The number of carbonyl (C=O) groups is 1. The molecule has 1 amide bonds. The van der Waals surface area contributed by atoms with Gasteiger partial charge in [-0.3, -0.25) is 10.1 Å². The van der Waals surface area contributed by atoms with Crippen LogP contribution in [0.3, 0.4) is 0 Å². The van der Waals surface area contributed by atoms with Crippen LogP contribution < -0.4 is 5.32 Å². The van der Waals surface area contributed by atoms with E-state index in [0.29, 0.717) is 0 Å². The summed E-state index contributed by atoms with van der Waals surface area (Å²) in [6, 6.07) is 5.16. The van der Waals surface area contributed by atoms with E-state index in [0.717, 1.165) is 6.26 Å². The Bertz CT molecular complexity index is 1120. The quantitative estimate of drug-likeness (QED) is 0.659. The van der Waals surface area contributed by atoms with Crippen molar-refractivity contribution < 1.29 is 30.8 Å². The maximum absolute atomic E-state index is 12.9. The van der Waals surface area contributed by atoms with Crippen molar-refractivity contribution in [2.24, 2.45) is 0 Å². The highest BCUT2D eigenvalue weighted by atomic mass is 32.2. The average molecular weight is 459 g/mol. The molecule has 164 valence electrons. The number of ether oxygens (including phenoxy) is 1. The van der Waals surface area contributed by atoms with E-state index < -0.39 is 31.5 Å². The van der Waals surface area contributed by atoms with Crippen LogP contribution in [-0.2, 0) is 30.4 Å². The molecule has 1 aromatic carbocycles. The first-order valence-electron chi connectivity index (χ1n) is 9.01. The number of rotatable bonds is 6. The summed E-state index contributed by atoms with van der Waals surface area (Å²) < 4.78 is 60.2. The lowest BCUT2D eigenvalue weighted by Gasteiger charge is -2.34. The summed E-state index contributed by atoms with van der Waals surface area (Å²) in [5.74, 6) is -1.20. The number of anilines is 1. The first-order chi connectivity index (χ1) is 13.9. The van der Waals surface area contributed by atoms with Crippen molar-refractivity contribution in [3.63, 3.8) is 0 Å². The number of amides is 1. The number of aromatic nitrogens is 2. The van der Waals surface area contributed by atoms with Gasteiger partial charge < -0.3 is 9.15 Å². The van der Waals surface area contributed by atoms with Crippen molar-refractivity contribution >= 4 is 31.8 Å². The van der Waals surface area contributed by atoms with Crippen LogP contribution >= 0.6 is 0 Å². The van der Waals surface area contributed by atoms with Gasteiger partial charge in [-0.2, -0.15) is 4.31 Å². The van der Waals surface area contributed by atoms with Crippen molar-refractivity contribution in [3.05, 3.63) is 35.7 Å². The Morgan fingerprint density at radius 2 is 1.70 bits per heavy atom. The van der Waals surface area contributed by atoms with Crippen molar-refractivity contribution in [1.29, 1.82) is 0 Å². The SMILES string of the molecule is CC1CN(S(=O)(=O)c2ccc(C(=O)Nc3nnc(CS(C)(=O)=O)o3)cc2)CC(C)O1. The number of carbonyl (C=O) groups excluding carboxylic acids is 1. The minimum absolute atomic E-state index is 0.0635. The number of sulfone groups is 1. The van der Waals surface area contributed by atoms with Crippen LogP contribution in [0.2, 0.25) is 0 Å². The highest BCUT2D eigenvalue weighted by Gasteiger charge is 2.32. The Morgan fingerprint density at radius 1 is 1.10 bits per heavy atom. The van der Waals surface area contributed by atoms with E-state index in [1.807, 2.05) is 13.8 Å². The summed E-state index contributed by atoms with van der Waals surface area (Å²) in [5.41, 5.74) is 0.167. The first-order valence-corrected chi connectivity index (χ1v) is 12.5. The Morgan fingerprint density at radius 3 is 2.27 bits per heavy atom. The molecule has 0 bridgehead atoms. The molecule has 0 spiro atoms. The van der Waals surface area contributed by atoms with Gasteiger partial charge in [0.15, 0.2) is 9.84 Å². The molecule has 2 unspecified atom stereocenters. The normalized spacial score (nSPS) is 20.8. The van der Waals surface area contributed by atoms with Gasteiger partial charge in [-0.05, 0) is 38.1 Å². The zero-order valence-corrected chi connectivity index (χ0v) is 18.2. The first kappa shape index (κ1) is 22.3. The lowest BCUT2D eigenvalue weighted by Crippen LogP contribution is -2.48. The van der Waals surface area contributed by atoms with E-state index in [2.05, 4.69) is 15.5 Å². The van der Waals surface area contributed by atoms with Gasteiger partial charge in [0.05, 0.1) is 17.1 Å². The van der Waals surface area contributed by atoms with Gasteiger partial charge in [0, 0.05) is 24.9 Å². The Kier molecular flexibility index (Phi) is 6.26. The highest BCUT2D eigenvalue weighted by molar-refractivity contribution is 7.89. The topological polar surface area (TPSA) is 149 Å². The van der Waals surface area contributed by atoms with E-state index in [4.69, 9.17) is 9.15 Å². The minimum Gasteiger partial charge on any atom is -0.407 e. The van der Waals surface area contributed by atoms with Crippen LogP contribution in [0.4, 0.5) is 6.01 Å². The van der Waals surface area contributed by atoms with E-state index in [1.54, 1.807) is 0 Å². The fraction of sp³-hybridized carbons (Fsp3) is 0.471. The number of morpholine rings is 1. The molecular weight excluding hydrogens is 436 g/mol. The van der Waals surface area contributed by atoms with Crippen molar-refractivity contribution in [3.8, 4) is 0 Å². The Balaban J connectivity index is 1.70. The smallest absolute Gasteiger partial charge is 0.322 e. The molecule has 1 N–H and O–H groups in total. The van der Waals surface area contributed by atoms with Gasteiger partial charge >= 0.3 is 6.01 Å². The molecule has 2 aromatic rings. The summed E-state index contributed by atoms with van der Waals surface area (Å²) in [6.45, 7) is 4.12. The Labute approximate surface area is 174 Å². The molecule has 0 radical (unpaired) electrons. The summed E-state index contributed by atoms with van der Waals surface area (Å²) in [5, 5.41) is 9.47. The number of benzene rings is 1. The average Bonchev–Trinajstić information content (AvgIpc) is 3.05. The number of hydrogen-bond acceptors (Lipinski definition) is 9. The second kappa shape index (κ2) is 8.41. The number of hydrogen-bond donors (Lipinski definition) is 1. The molecule has 1 aromatic heterocycles. The van der Waals surface area contributed by atoms with Gasteiger partial charge in [-0.25, -0.2) is 16.8 Å². The second-order valence-electron chi connectivity index (χ2n) is 7.13. The zero-order chi connectivity index (χ0) is 22.1. The molecule has 1 fully saturated rings. The van der Waals surface area contributed by atoms with Crippen LogP contribution in [0.5, 0.6) is 0 Å². The molecule has 30 heavy (non-hydrogen) atoms. The summed E-state index contributed by atoms with van der Waals surface area (Å²) >= 11 is 0. The van der Waals surface area contributed by atoms with Gasteiger partial charge in [0.25, 0.3) is 5.91 Å². The third-order valence-corrected chi connectivity index (χ3v) is 6.83. The monoisotopic (exact) mass is 458 g/mol. The third-order valence-electron chi connectivity index (χ3n) is 4.21. The summed E-state index contributed by atoms with van der Waals surface area (Å²) in [6.07, 6.45) is 0.592. The largest absolute Gasteiger partial charge is 0.407 e. The molecule has 3 rings (SSSR count). The zero-order valence-electron chi connectivity index (χ0n) is 16.6. The van der Waals surface area contributed by atoms with Gasteiger partial charge in [-0.15, -0.1) is 5.10 Å². The van der Waals surface area contributed by atoms with E-state index >= 15 is 0 Å². The van der Waals surface area contributed by atoms with E-state index in [1.165, 1.54) is 28.6 Å². The van der Waals surface area contributed by atoms with E-state index in [9.17, 15) is 21.6 Å². The highest BCUT2D eigenvalue weighted by Crippen LogP contribution is 2.22. The third kappa shape index (κ3) is 5.41. The molecule has 0 saturated carbocycles. The van der Waals surface area contributed by atoms with E-state index in [-0.39, 0.29) is 47.7 Å². The lowest BCUT2D eigenvalue weighted by atomic mass is 10.2. The predicted octanol–water partition coefficient (Wildman–Crippen LogP) is 0.664. The number of sulfonamides is 1. The van der Waals surface area contributed by atoms with Crippen molar-refractivity contribution in [2.75, 3.05) is 24.7 Å². The van der Waals surface area contributed by atoms with Crippen LogP contribution in [0.25, 0.3) is 0 Å². The van der Waals surface area contributed by atoms with Gasteiger partial charge in [0.2, 0.25) is 15.9 Å². The lowest BCUT2D eigenvalue weighted by molar-refractivity contribution is -0.0440. The fourth-order valence-corrected chi connectivity index (χ4v) is 5.17. The van der Waals surface area contributed by atoms with Crippen LogP contribution in [0.1, 0.15) is 30.1 Å². The standard InChI is InChI=1S/C17H22N4O7S2/c1-11-8-21(9-12(2)27-11)30(25,26)14-6-4-13(5-7-14)16(22)18-17-20-19-15(28-17)10-29(3,23)24/h4-7,11-12H,8-10H2,1-3H3,(H,18,20,22). The number of nitrogens with zero attached hydrogens (tertiary/aromatic N) is 3. The van der Waals surface area contributed by atoms with Crippen molar-refractivity contribution in [1.82, 2.24) is 14.5 Å². The molecule has 13 heteroatoms. The van der Waals surface area contributed by atoms with Gasteiger partial charge in [-0.1, -0.05) is 5.10 Å². The molecule has 1 aliphatic rings. The summed E-state index contributed by atoms with van der Waals surface area (Å²) in [4.78, 5) is 12.4. The number of nitrogens with one attached hydrogen (secondary N) is 1. The van der Waals surface area contributed by atoms with Crippen molar-refractivity contribution in [2.45, 2.75) is 36.7 Å². The van der Waals surface area contributed by atoms with Crippen LogP contribution in [0.15, 0.2) is 33.6 Å². The fourth-order valence-electron chi connectivity index (χ4n) is 3.01. The molecule has 0 aliphatic carbocycles. The molecule has 11 nitrogen and oxygen atoms in total. The predicted molar refractivity (Wildman–Crippen MR) is 106 cm³/mol. The molecular formula is C17H22N4O7S2. The molecule has 1 saturated heterocycles. The maximum atomic E-state index is 12.9. The van der Waals surface area contributed by atoms with Crippen LogP contribution in [0, 0.1) is 0 Å². The van der Waals surface area contributed by atoms with Gasteiger partial charge in [0.1, 0.15) is 5.75 Å². The second-order valence-corrected chi connectivity index (χ2v) is 11.2.